The largest absolute Gasteiger partial charge is 0.379 e. The van der Waals surface area contributed by atoms with Gasteiger partial charge in [0.1, 0.15) is 0 Å². The standard InChI is InChI=1S/C22H28N2O4S/c1-16-5-10-19(29(26,27)24-11-13-28-14-12-24)15-20(16)23-21(25)17-6-8-18(9-7-17)22(2,3)4/h5-10,15H,11-14H2,1-4H3,(H,23,25). The first-order valence-electron chi connectivity index (χ1n) is 9.69. The van der Waals surface area contributed by atoms with Crippen LogP contribution in [-0.2, 0) is 20.2 Å². The number of ether oxygens (including phenoxy) is 1. The molecular formula is C22H28N2O4S. The van der Waals surface area contributed by atoms with E-state index in [1.807, 2.05) is 19.1 Å². The Bertz CT molecular complexity index is 986. The quantitative estimate of drug-likeness (QED) is 0.827. The van der Waals surface area contributed by atoms with Crippen LogP contribution in [0, 0.1) is 6.92 Å². The molecule has 0 atom stereocenters. The molecule has 1 fully saturated rings. The first-order valence-corrected chi connectivity index (χ1v) is 11.1. The summed E-state index contributed by atoms with van der Waals surface area (Å²) >= 11 is 0. The summed E-state index contributed by atoms with van der Waals surface area (Å²) in [6.45, 7) is 9.63. The van der Waals surface area contributed by atoms with E-state index in [2.05, 4.69) is 26.1 Å². The van der Waals surface area contributed by atoms with Gasteiger partial charge < -0.3 is 10.1 Å². The molecule has 2 aromatic carbocycles. The lowest BCUT2D eigenvalue weighted by atomic mass is 9.87. The molecule has 0 unspecified atom stereocenters. The van der Waals surface area contributed by atoms with Crippen LogP contribution in [0.15, 0.2) is 47.4 Å². The second-order valence-electron chi connectivity index (χ2n) is 8.27. The molecule has 2 aromatic rings. The first kappa shape index (κ1) is 21.5. The average molecular weight is 417 g/mol. The van der Waals surface area contributed by atoms with Crippen LogP contribution in [0.2, 0.25) is 0 Å². The summed E-state index contributed by atoms with van der Waals surface area (Å²) in [5.74, 6) is -0.269. The molecule has 0 saturated carbocycles. The van der Waals surface area contributed by atoms with Crippen molar-refractivity contribution in [3.8, 4) is 0 Å². The number of carbonyl (C=O) groups is 1. The molecule has 1 aliphatic rings. The lowest BCUT2D eigenvalue weighted by molar-refractivity contribution is 0.0730. The van der Waals surface area contributed by atoms with Crippen molar-refractivity contribution in [1.29, 1.82) is 0 Å². The van der Waals surface area contributed by atoms with Crippen LogP contribution >= 0.6 is 0 Å². The van der Waals surface area contributed by atoms with Crippen LogP contribution in [0.4, 0.5) is 5.69 Å². The van der Waals surface area contributed by atoms with Crippen molar-refractivity contribution in [2.45, 2.75) is 38.0 Å². The van der Waals surface area contributed by atoms with Gasteiger partial charge in [-0.1, -0.05) is 39.0 Å². The normalized spacial score (nSPS) is 15.9. The molecule has 0 aliphatic carbocycles. The Balaban J connectivity index is 1.82. The zero-order chi connectivity index (χ0) is 21.2. The van der Waals surface area contributed by atoms with Gasteiger partial charge in [0.05, 0.1) is 18.1 Å². The van der Waals surface area contributed by atoms with Gasteiger partial charge in [-0.15, -0.1) is 0 Å². The Morgan fingerprint density at radius 1 is 1.03 bits per heavy atom. The number of anilines is 1. The summed E-state index contributed by atoms with van der Waals surface area (Å²) < 4.78 is 32.4. The summed E-state index contributed by atoms with van der Waals surface area (Å²) in [7, 11) is -3.62. The van der Waals surface area contributed by atoms with E-state index in [0.717, 1.165) is 11.1 Å². The minimum absolute atomic E-state index is 0.00772. The monoisotopic (exact) mass is 416 g/mol. The van der Waals surface area contributed by atoms with E-state index in [0.29, 0.717) is 37.6 Å². The lowest BCUT2D eigenvalue weighted by Gasteiger charge is -2.26. The number of hydrogen-bond donors (Lipinski definition) is 1. The van der Waals surface area contributed by atoms with Crippen LogP contribution in [0.5, 0.6) is 0 Å². The van der Waals surface area contributed by atoms with E-state index in [1.165, 1.54) is 10.4 Å². The van der Waals surface area contributed by atoms with Crippen molar-refractivity contribution in [3.63, 3.8) is 0 Å². The minimum atomic E-state index is -3.62. The lowest BCUT2D eigenvalue weighted by Crippen LogP contribution is -2.40. The number of aryl methyl sites for hydroxylation is 1. The van der Waals surface area contributed by atoms with Gasteiger partial charge in [0.2, 0.25) is 10.0 Å². The van der Waals surface area contributed by atoms with Gasteiger partial charge in [0.15, 0.2) is 0 Å². The molecule has 1 amide bonds. The maximum Gasteiger partial charge on any atom is 0.255 e. The van der Waals surface area contributed by atoms with E-state index >= 15 is 0 Å². The number of sulfonamides is 1. The van der Waals surface area contributed by atoms with Gasteiger partial charge >= 0.3 is 0 Å². The topological polar surface area (TPSA) is 75.7 Å². The zero-order valence-corrected chi connectivity index (χ0v) is 18.2. The Morgan fingerprint density at radius 2 is 1.66 bits per heavy atom. The average Bonchev–Trinajstić information content (AvgIpc) is 2.69. The van der Waals surface area contributed by atoms with Crippen molar-refractivity contribution >= 4 is 21.6 Å². The summed E-state index contributed by atoms with van der Waals surface area (Å²) in [6.07, 6.45) is 0. The molecule has 1 heterocycles. The number of rotatable bonds is 4. The van der Waals surface area contributed by atoms with Crippen molar-refractivity contribution in [3.05, 3.63) is 59.2 Å². The first-order chi connectivity index (χ1) is 13.6. The minimum Gasteiger partial charge on any atom is -0.379 e. The third kappa shape index (κ3) is 4.86. The number of morpholine rings is 1. The molecule has 3 rings (SSSR count). The predicted molar refractivity (Wildman–Crippen MR) is 114 cm³/mol. The number of hydrogen-bond acceptors (Lipinski definition) is 4. The van der Waals surface area contributed by atoms with Gasteiger partial charge in [-0.05, 0) is 47.7 Å². The fourth-order valence-electron chi connectivity index (χ4n) is 3.15. The highest BCUT2D eigenvalue weighted by molar-refractivity contribution is 7.89. The highest BCUT2D eigenvalue weighted by atomic mass is 32.2. The van der Waals surface area contributed by atoms with Crippen LogP contribution < -0.4 is 5.32 Å². The van der Waals surface area contributed by atoms with Crippen molar-refractivity contribution in [2.24, 2.45) is 0 Å². The fourth-order valence-corrected chi connectivity index (χ4v) is 4.58. The highest BCUT2D eigenvalue weighted by Crippen LogP contribution is 2.25. The summed E-state index contributed by atoms with van der Waals surface area (Å²) in [6, 6.07) is 12.3. The van der Waals surface area contributed by atoms with Crippen molar-refractivity contribution < 1.29 is 17.9 Å². The molecule has 1 saturated heterocycles. The Morgan fingerprint density at radius 3 is 2.24 bits per heavy atom. The van der Waals surface area contributed by atoms with Crippen molar-refractivity contribution in [1.82, 2.24) is 4.31 Å². The number of benzene rings is 2. The molecule has 7 heteroatoms. The van der Waals surface area contributed by atoms with Crippen LogP contribution in [-0.4, -0.2) is 44.9 Å². The molecule has 1 aliphatic heterocycles. The second-order valence-corrected chi connectivity index (χ2v) is 10.2. The Kier molecular flexibility index (Phi) is 6.12. The van der Waals surface area contributed by atoms with Crippen LogP contribution in [0.25, 0.3) is 0 Å². The maximum absolute atomic E-state index is 12.9. The van der Waals surface area contributed by atoms with Gasteiger partial charge in [0, 0.05) is 24.3 Å². The number of amides is 1. The number of carbonyl (C=O) groups excluding carboxylic acids is 1. The van der Waals surface area contributed by atoms with Crippen LogP contribution in [0.3, 0.4) is 0 Å². The third-order valence-electron chi connectivity index (χ3n) is 5.08. The molecule has 0 spiro atoms. The van der Waals surface area contributed by atoms with Gasteiger partial charge in [0.25, 0.3) is 5.91 Å². The number of nitrogens with zero attached hydrogens (tertiary/aromatic N) is 1. The molecule has 156 valence electrons. The van der Waals surface area contributed by atoms with Crippen molar-refractivity contribution in [2.75, 3.05) is 31.6 Å². The summed E-state index contributed by atoms with van der Waals surface area (Å²) in [4.78, 5) is 12.9. The third-order valence-corrected chi connectivity index (χ3v) is 6.97. The highest BCUT2D eigenvalue weighted by Gasteiger charge is 2.27. The molecule has 1 N–H and O–H groups in total. The van der Waals surface area contributed by atoms with E-state index in [9.17, 15) is 13.2 Å². The summed E-state index contributed by atoms with van der Waals surface area (Å²) in [5.41, 5.74) is 2.96. The Labute approximate surface area is 172 Å². The Hall–Kier alpha value is -2.22. The van der Waals surface area contributed by atoms with Gasteiger partial charge in [-0.25, -0.2) is 8.42 Å². The molecular weight excluding hydrogens is 388 g/mol. The van der Waals surface area contributed by atoms with Gasteiger partial charge in [-0.2, -0.15) is 4.31 Å². The van der Waals surface area contributed by atoms with E-state index in [-0.39, 0.29) is 16.2 Å². The molecule has 0 bridgehead atoms. The molecule has 29 heavy (non-hydrogen) atoms. The maximum atomic E-state index is 12.9. The van der Waals surface area contributed by atoms with Gasteiger partial charge in [-0.3, -0.25) is 4.79 Å². The molecule has 0 radical (unpaired) electrons. The second kappa shape index (κ2) is 8.26. The smallest absolute Gasteiger partial charge is 0.255 e. The number of nitrogens with one attached hydrogen (secondary N) is 1. The van der Waals surface area contributed by atoms with Crippen LogP contribution in [0.1, 0.15) is 42.3 Å². The molecule has 0 aromatic heterocycles. The zero-order valence-electron chi connectivity index (χ0n) is 17.4. The van der Waals surface area contributed by atoms with E-state index in [4.69, 9.17) is 4.74 Å². The predicted octanol–water partition coefficient (Wildman–Crippen LogP) is 3.57. The van der Waals surface area contributed by atoms with E-state index in [1.54, 1.807) is 24.3 Å². The summed E-state index contributed by atoms with van der Waals surface area (Å²) in [5, 5.41) is 2.85. The van der Waals surface area contributed by atoms with E-state index < -0.39 is 10.0 Å². The fraction of sp³-hybridized carbons (Fsp3) is 0.409. The SMILES string of the molecule is Cc1ccc(S(=O)(=O)N2CCOCC2)cc1NC(=O)c1ccc(C(C)(C)C)cc1. The molecule has 6 nitrogen and oxygen atoms in total.